The Bertz CT molecular complexity index is 1380. The van der Waals surface area contributed by atoms with E-state index in [0.29, 0.717) is 30.2 Å². The summed E-state index contributed by atoms with van der Waals surface area (Å²) >= 11 is 0.403. The number of methoxy groups -OCH3 is 1. The van der Waals surface area contributed by atoms with Crippen LogP contribution in [0, 0.1) is 5.41 Å². The first kappa shape index (κ1) is 34.2. The summed E-state index contributed by atoms with van der Waals surface area (Å²) in [6, 6.07) is 0.212. The molecular formula is C26H27F8N3O5S. The summed E-state index contributed by atoms with van der Waals surface area (Å²) in [7, 11) is 1.13. The van der Waals surface area contributed by atoms with Crippen LogP contribution in [0.2, 0.25) is 0 Å². The average molecular weight is 646 g/mol. The first-order valence-electron chi connectivity index (χ1n) is 12.6. The van der Waals surface area contributed by atoms with Crippen LogP contribution in [0.1, 0.15) is 71.5 Å². The zero-order valence-corrected chi connectivity index (χ0v) is 23.9. The highest BCUT2D eigenvalue weighted by Crippen LogP contribution is 2.51. The number of ether oxygens (including phenoxy) is 1. The number of carbonyl (C=O) groups is 3. The van der Waals surface area contributed by atoms with Gasteiger partial charge in [-0.1, -0.05) is 12.1 Å². The molecule has 1 unspecified atom stereocenters. The van der Waals surface area contributed by atoms with Crippen molar-refractivity contribution in [3.8, 4) is 10.4 Å². The quantitative estimate of drug-likeness (QED) is 0.285. The van der Waals surface area contributed by atoms with Crippen molar-refractivity contribution in [1.82, 2.24) is 15.2 Å². The van der Waals surface area contributed by atoms with E-state index in [1.807, 2.05) is 0 Å². The van der Waals surface area contributed by atoms with Crippen LogP contribution in [-0.4, -0.2) is 71.4 Å². The lowest BCUT2D eigenvalue weighted by atomic mass is 9.89. The molecule has 1 aromatic heterocycles. The molecule has 2 amide bonds. The van der Waals surface area contributed by atoms with Crippen LogP contribution in [0.15, 0.2) is 18.2 Å². The highest BCUT2D eigenvalue weighted by Gasteiger charge is 2.71. The molecule has 0 saturated carbocycles. The van der Waals surface area contributed by atoms with Crippen LogP contribution >= 0.6 is 11.3 Å². The first-order valence-corrected chi connectivity index (χ1v) is 13.5. The molecule has 1 atom stereocenters. The number of thiazole rings is 1. The number of alkyl halides is 8. The number of nitrogens with one attached hydrogen (secondary N) is 1. The number of carbonyl (C=O) groups excluding carboxylic acids is 3. The smallest absolute Gasteiger partial charge is 0.430 e. The Hall–Kier alpha value is -3.34. The number of likely N-dealkylation sites (tertiary alicyclic amines) is 1. The van der Waals surface area contributed by atoms with E-state index in [4.69, 9.17) is 0 Å². The van der Waals surface area contributed by atoms with Crippen LogP contribution in [0.5, 0.6) is 0 Å². The van der Waals surface area contributed by atoms with Gasteiger partial charge in [0.15, 0.2) is 5.01 Å². The molecule has 1 aliphatic heterocycles. The molecule has 17 heteroatoms. The van der Waals surface area contributed by atoms with Gasteiger partial charge in [0.2, 0.25) is 0 Å². The van der Waals surface area contributed by atoms with Crippen LogP contribution < -0.4 is 5.32 Å². The minimum absolute atomic E-state index is 0.133. The summed E-state index contributed by atoms with van der Waals surface area (Å²) in [5, 5.41) is 11.7. The molecule has 0 aliphatic carbocycles. The molecule has 2 N–H and O–H groups in total. The molecule has 238 valence electrons. The second kappa shape index (κ2) is 12.0. The summed E-state index contributed by atoms with van der Waals surface area (Å²) in [4.78, 5) is 43.3. The Labute approximate surface area is 244 Å². The lowest BCUT2D eigenvalue weighted by Gasteiger charge is -2.33. The van der Waals surface area contributed by atoms with Crippen LogP contribution in [0.25, 0.3) is 10.4 Å². The third-order valence-electron chi connectivity index (χ3n) is 7.04. The molecule has 0 bridgehead atoms. The highest BCUT2D eigenvalue weighted by molar-refractivity contribution is 7.17. The lowest BCUT2D eigenvalue weighted by molar-refractivity contribution is -0.376. The highest BCUT2D eigenvalue weighted by atomic mass is 32.1. The van der Waals surface area contributed by atoms with Gasteiger partial charge in [-0.25, -0.2) is 13.8 Å². The summed E-state index contributed by atoms with van der Waals surface area (Å²) in [6.45, 7) is 4.58. The summed E-state index contributed by atoms with van der Waals surface area (Å²) in [6.07, 6.45) is -15.1. The van der Waals surface area contributed by atoms with Crippen molar-refractivity contribution in [3.05, 3.63) is 40.0 Å². The lowest BCUT2D eigenvalue weighted by Crippen LogP contribution is -2.54. The zero-order chi connectivity index (χ0) is 32.7. The molecule has 2 aromatic rings. The summed E-state index contributed by atoms with van der Waals surface area (Å²) in [5.41, 5.74) is -11.1. The fourth-order valence-corrected chi connectivity index (χ4v) is 5.52. The topological polar surface area (TPSA) is 109 Å². The zero-order valence-electron chi connectivity index (χ0n) is 23.1. The fraction of sp³-hybridized carbons (Fsp3) is 0.538. The van der Waals surface area contributed by atoms with Crippen molar-refractivity contribution >= 4 is 29.1 Å². The van der Waals surface area contributed by atoms with Gasteiger partial charge in [-0.2, -0.15) is 26.3 Å². The Morgan fingerprint density at radius 1 is 1.14 bits per heavy atom. The predicted octanol–water partition coefficient (Wildman–Crippen LogP) is 5.61. The van der Waals surface area contributed by atoms with Crippen molar-refractivity contribution < 1.29 is 59.4 Å². The summed E-state index contributed by atoms with van der Waals surface area (Å²) < 4.78 is 114. The van der Waals surface area contributed by atoms with Crippen LogP contribution in [-0.2, 0) is 15.1 Å². The van der Waals surface area contributed by atoms with E-state index in [-0.39, 0.29) is 31.3 Å². The number of aromatic nitrogens is 1. The average Bonchev–Trinajstić information content (AvgIpc) is 3.55. The maximum atomic E-state index is 14.2. The van der Waals surface area contributed by atoms with Crippen molar-refractivity contribution in [2.75, 3.05) is 20.2 Å². The van der Waals surface area contributed by atoms with E-state index < -0.39 is 79.8 Å². The normalized spacial score (nSPS) is 16.5. The second-order valence-electron chi connectivity index (χ2n) is 10.6. The Kier molecular flexibility index (Phi) is 9.51. The number of hydrogen-bond acceptors (Lipinski definition) is 7. The van der Waals surface area contributed by atoms with Gasteiger partial charge in [-0.05, 0) is 39.7 Å². The number of aliphatic hydroxyl groups is 1. The van der Waals surface area contributed by atoms with Gasteiger partial charge in [0.25, 0.3) is 23.8 Å². The number of amides is 2. The molecule has 1 aromatic carbocycles. The molecule has 0 spiro atoms. The largest absolute Gasteiger partial charge is 0.469 e. The van der Waals surface area contributed by atoms with E-state index in [2.05, 4.69) is 15.0 Å². The molecule has 1 aliphatic rings. The maximum absolute atomic E-state index is 14.2. The van der Waals surface area contributed by atoms with Gasteiger partial charge in [0.1, 0.15) is 5.69 Å². The van der Waals surface area contributed by atoms with Gasteiger partial charge in [0.05, 0.1) is 17.4 Å². The van der Waals surface area contributed by atoms with Gasteiger partial charge in [-0.15, -0.1) is 11.3 Å². The number of esters is 1. The van der Waals surface area contributed by atoms with E-state index in [1.165, 1.54) is 18.7 Å². The molecule has 2 heterocycles. The van der Waals surface area contributed by atoms with Gasteiger partial charge >= 0.3 is 18.3 Å². The minimum Gasteiger partial charge on any atom is -0.469 e. The third-order valence-corrected chi connectivity index (χ3v) is 8.12. The molecule has 8 nitrogen and oxygen atoms in total. The molecule has 1 fully saturated rings. The first-order chi connectivity index (χ1) is 19.7. The Morgan fingerprint density at radius 2 is 1.74 bits per heavy atom. The SMILES string of the molecule is COC(=O)C(C)(C)CNC(=O)c1nc(C(=O)N2CCCC2C)c(-c2ccc(C(O)(C(F)(F)F)C(F)(F)F)cc2C(F)F)s1. The van der Waals surface area contributed by atoms with E-state index in [9.17, 15) is 54.6 Å². The Morgan fingerprint density at radius 3 is 2.23 bits per heavy atom. The van der Waals surface area contributed by atoms with Gasteiger partial charge in [0, 0.05) is 35.8 Å². The molecule has 0 radical (unpaired) electrons. The van der Waals surface area contributed by atoms with Gasteiger partial charge in [-0.3, -0.25) is 14.4 Å². The van der Waals surface area contributed by atoms with Crippen molar-refractivity contribution in [1.29, 1.82) is 0 Å². The van der Waals surface area contributed by atoms with Gasteiger partial charge < -0.3 is 20.1 Å². The van der Waals surface area contributed by atoms with Crippen LogP contribution in [0.3, 0.4) is 0 Å². The monoisotopic (exact) mass is 645 g/mol. The molecule has 1 saturated heterocycles. The fourth-order valence-electron chi connectivity index (χ4n) is 4.50. The Balaban J connectivity index is 2.18. The summed E-state index contributed by atoms with van der Waals surface area (Å²) in [5.74, 6) is -2.40. The molecule has 3 rings (SSSR count). The van der Waals surface area contributed by atoms with E-state index in [0.717, 1.165) is 7.11 Å². The predicted molar refractivity (Wildman–Crippen MR) is 136 cm³/mol. The number of nitrogens with zero attached hydrogens (tertiary/aromatic N) is 2. The van der Waals surface area contributed by atoms with Crippen molar-refractivity contribution in [3.63, 3.8) is 0 Å². The van der Waals surface area contributed by atoms with Crippen molar-refractivity contribution in [2.24, 2.45) is 5.41 Å². The third kappa shape index (κ3) is 6.46. The molecular weight excluding hydrogens is 618 g/mol. The number of rotatable bonds is 8. The minimum atomic E-state index is -6.33. The second-order valence-corrected chi connectivity index (χ2v) is 11.6. The van der Waals surface area contributed by atoms with E-state index in [1.54, 1.807) is 6.92 Å². The standard InChI is InChI=1S/C26H27F8N3O5S/c1-12-6-5-9-37(12)21(39)16-17(43-20(36-16)19(38)35-11-23(2,3)22(40)42-4)14-8-7-13(10-15(14)18(27)28)24(41,25(29,30)31)26(32,33)34/h7-8,10,12,18,41H,5-6,9,11H2,1-4H3,(H,35,38). The maximum Gasteiger partial charge on any atom is 0.430 e. The van der Waals surface area contributed by atoms with Crippen molar-refractivity contribution in [2.45, 2.75) is 64.0 Å². The number of benzene rings is 1. The number of hydrogen-bond donors (Lipinski definition) is 2. The molecule has 43 heavy (non-hydrogen) atoms. The van der Waals surface area contributed by atoms with E-state index >= 15 is 0 Å². The number of halogens is 8. The van der Waals surface area contributed by atoms with Crippen LogP contribution in [0.4, 0.5) is 35.1 Å².